The molecule has 0 aliphatic carbocycles. The van der Waals surface area contributed by atoms with Gasteiger partial charge in [0.05, 0.1) is 48.7 Å². The first-order chi connectivity index (χ1) is 21.6. The van der Waals surface area contributed by atoms with Gasteiger partial charge in [-0.15, -0.1) is 0 Å². The molecule has 11 nitrogen and oxygen atoms in total. The topological polar surface area (TPSA) is 133 Å². The molecule has 2 aliphatic heterocycles. The Bertz CT molecular complexity index is 1820. The van der Waals surface area contributed by atoms with Crippen LogP contribution in [0, 0.1) is 6.92 Å². The summed E-state index contributed by atoms with van der Waals surface area (Å²) >= 11 is 0. The monoisotopic (exact) mass is 610 g/mol. The Hall–Kier alpha value is -5.19. The summed E-state index contributed by atoms with van der Waals surface area (Å²) in [6.07, 6.45) is 6.39. The second-order valence-electron chi connectivity index (χ2n) is 11.4. The van der Waals surface area contributed by atoms with E-state index in [1.807, 2.05) is 20.2 Å². The molecule has 2 aliphatic rings. The standard InChI is InChI=1S/C34H34N4O7/c1-5-44-30-15-22(14-29(43-4)31(30)24-18-36-37(3)19-24)32(40)38-10-8-34(9-11-38)16-27(39)26-12-21(6-7-28(26)45-34)23-13-25(33(41)42)20(2)35-17-23/h6-7,12-15,17-19H,5,8-11,16H2,1-4H3,(H,41,42). The second kappa shape index (κ2) is 11.7. The maximum atomic E-state index is 13.7. The van der Waals surface area contributed by atoms with Crippen molar-refractivity contribution in [1.82, 2.24) is 19.7 Å². The molecule has 45 heavy (non-hydrogen) atoms. The molecule has 2 aromatic heterocycles. The molecule has 0 radical (unpaired) electrons. The Balaban J connectivity index is 1.20. The highest BCUT2D eigenvalue weighted by Gasteiger charge is 2.44. The minimum atomic E-state index is -1.05. The van der Waals surface area contributed by atoms with E-state index in [2.05, 4.69) is 10.1 Å². The number of pyridine rings is 1. The number of carbonyl (C=O) groups excluding carboxylic acids is 2. The van der Waals surface area contributed by atoms with Crippen LogP contribution in [0.5, 0.6) is 17.2 Å². The average molecular weight is 611 g/mol. The summed E-state index contributed by atoms with van der Waals surface area (Å²) in [6.45, 7) is 4.79. The maximum absolute atomic E-state index is 13.7. The lowest BCUT2D eigenvalue weighted by atomic mass is 9.82. The van der Waals surface area contributed by atoms with Crippen molar-refractivity contribution in [2.45, 2.75) is 38.7 Å². The molecular formula is C34H34N4O7. The lowest BCUT2D eigenvalue weighted by Crippen LogP contribution is -2.52. The van der Waals surface area contributed by atoms with Crippen molar-refractivity contribution < 1.29 is 33.7 Å². The highest BCUT2D eigenvalue weighted by molar-refractivity contribution is 6.02. The van der Waals surface area contributed by atoms with E-state index in [4.69, 9.17) is 14.2 Å². The van der Waals surface area contributed by atoms with E-state index < -0.39 is 11.6 Å². The molecule has 1 fully saturated rings. The fourth-order valence-electron chi connectivity index (χ4n) is 6.14. The fourth-order valence-corrected chi connectivity index (χ4v) is 6.14. The number of nitrogens with zero attached hydrogens (tertiary/aromatic N) is 4. The van der Waals surface area contributed by atoms with E-state index in [0.717, 1.165) is 11.1 Å². The van der Waals surface area contributed by atoms with Gasteiger partial charge in [0.1, 0.15) is 22.8 Å². The molecule has 0 unspecified atom stereocenters. The van der Waals surface area contributed by atoms with Gasteiger partial charge in [0.15, 0.2) is 5.78 Å². The van der Waals surface area contributed by atoms with Crippen LogP contribution < -0.4 is 14.2 Å². The van der Waals surface area contributed by atoms with Crippen LogP contribution in [0.1, 0.15) is 63.0 Å². The Morgan fingerprint density at radius 1 is 1.04 bits per heavy atom. The first-order valence-electron chi connectivity index (χ1n) is 14.8. The Morgan fingerprint density at radius 3 is 2.47 bits per heavy atom. The predicted octanol–water partition coefficient (Wildman–Crippen LogP) is 5.20. The van der Waals surface area contributed by atoms with Crippen molar-refractivity contribution in [2.24, 2.45) is 7.05 Å². The van der Waals surface area contributed by atoms with Crippen molar-refractivity contribution in [3.63, 3.8) is 0 Å². The molecule has 4 aromatic rings. The number of fused-ring (bicyclic) bond motifs is 1. The van der Waals surface area contributed by atoms with Gasteiger partial charge >= 0.3 is 5.97 Å². The number of likely N-dealkylation sites (tertiary alicyclic amines) is 1. The zero-order valence-electron chi connectivity index (χ0n) is 25.6. The molecule has 1 N–H and O–H groups in total. The summed E-state index contributed by atoms with van der Waals surface area (Å²) < 4.78 is 19.8. The van der Waals surface area contributed by atoms with E-state index in [0.29, 0.717) is 77.7 Å². The number of ether oxygens (including phenoxy) is 3. The number of piperidine rings is 1. The minimum absolute atomic E-state index is 0.0477. The molecule has 2 aromatic carbocycles. The average Bonchev–Trinajstić information content (AvgIpc) is 3.46. The summed E-state index contributed by atoms with van der Waals surface area (Å²) in [4.78, 5) is 44.7. The first-order valence-corrected chi connectivity index (χ1v) is 14.8. The number of amides is 1. The number of aryl methyl sites for hydroxylation is 2. The number of benzene rings is 2. The molecule has 0 saturated carbocycles. The third kappa shape index (κ3) is 5.61. The van der Waals surface area contributed by atoms with Crippen molar-refractivity contribution in [3.8, 4) is 39.5 Å². The zero-order valence-corrected chi connectivity index (χ0v) is 25.6. The molecule has 0 bridgehead atoms. The van der Waals surface area contributed by atoms with Crippen LogP contribution in [0.3, 0.4) is 0 Å². The van der Waals surface area contributed by atoms with Crippen LogP contribution >= 0.6 is 0 Å². The van der Waals surface area contributed by atoms with Gasteiger partial charge in [-0.3, -0.25) is 19.3 Å². The third-order valence-electron chi connectivity index (χ3n) is 8.53. The smallest absolute Gasteiger partial charge is 0.337 e. The number of aromatic carboxylic acids is 1. The number of hydrogen-bond donors (Lipinski definition) is 1. The summed E-state index contributed by atoms with van der Waals surface area (Å²) in [7, 11) is 3.39. The largest absolute Gasteiger partial charge is 0.496 e. The molecule has 1 saturated heterocycles. The van der Waals surface area contributed by atoms with Gasteiger partial charge in [-0.2, -0.15) is 5.10 Å². The van der Waals surface area contributed by atoms with Gasteiger partial charge in [-0.05, 0) is 49.7 Å². The number of hydrogen-bond acceptors (Lipinski definition) is 8. The number of carboxylic acids is 1. The first kappa shape index (κ1) is 29.9. The summed E-state index contributed by atoms with van der Waals surface area (Å²) in [5, 5.41) is 13.8. The molecule has 1 spiro atoms. The van der Waals surface area contributed by atoms with Crippen molar-refractivity contribution >= 4 is 17.7 Å². The van der Waals surface area contributed by atoms with E-state index in [9.17, 15) is 19.5 Å². The van der Waals surface area contributed by atoms with Gasteiger partial charge < -0.3 is 24.2 Å². The molecular weight excluding hydrogens is 576 g/mol. The lowest BCUT2D eigenvalue weighted by Gasteiger charge is -2.44. The summed E-state index contributed by atoms with van der Waals surface area (Å²) in [5.41, 5.74) is 3.60. The van der Waals surface area contributed by atoms with Crippen molar-refractivity contribution in [3.05, 3.63) is 77.4 Å². The third-order valence-corrected chi connectivity index (χ3v) is 8.53. The van der Waals surface area contributed by atoms with Gasteiger partial charge in [-0.25, -0.2) is 4.79 Å². The van der Waals surface area contributed by atoms with Crippen LogP contribution in [-0.2, 0) is 7.05 Å². The molecule has 11 heteroatoms. The molecule has 4 heterocycles. The van der Waals surface area contributed by atoms with Crippen LogP contribution in [0.4, 0.5) is 0 Å². The number of carboxylic acid groups (broad SMARTS) is 1. The van der Waals surface area contributed by atoms with E-state index in [1.54, 1.807) is 72.4 Å². The normalized spacial score (nSPS) is 15.4. The van der Waals surface area contributed by atoms with Gasteiger partial charge in [0.2, 0.25) is 0 Å². The van der Waals surface area contributed by atoms with Crippen molar-refractivity contribution in [1.29, 1.82) is 0 Å². The Kier molecular flexibility index (Phi) is 7.78. The number of Topliss-reactive ketones (excluding diaryl/α,β-unsaturated/α-hetero) is 1. The molecule has 0 atom stereocenters. The van der Waals surface area contributed by atoms with Crippen molar-refractivity contribution in [2.75, 3.05) is 26.8 Å². The predicted molar refractivity (Wildman–Crippen MR) is 165 cm³/mol. The number of rotatable bonds is 7. The SMILES string of the molecule is CCOc1cc(C(=O)N2CCC3(CC2)CC(=O)c2cc(-c4cnc(C)c(C(=O)O)c4)ccc2O3)cc(OC)c1-c1cnn(C)c1. The Morgan fingerprint density at radius 2 is 1.80 bits per heavy atom. The Labute approximate surface area is 260 Å². The number of aromatic nitrogens is 3. The highest BCUT2D eigenvalue weighted by atomic mass is 16.5. The van der Waals surface area contributed by atoms with E-state index in [-0.39, 0.29) is 23.7 Å². The lowest BCUT2D eigenvalue weighted by molar-refractivity contribution is -0.00573. The number of carbonyl (C=O) groups is 3. The molecule has 1 amide bonds. The minimum Gasteiger partial charge on any atom is -0.496 e. The maximum Gasteiger partial charge on any atom is 0.337 e. The quantitative estimate of drug-likeness (QED) is 0.300. The fraction of sp³-hybridized carbons (Fsp3) is 0.324. The highest BCUT2D eigenvalue weighted by Crippen LogP contribution is 2.43. The molecule has 6 rings (SSSR count). The second-order valence-corrected chi connectivity index (χ2v) is 11.4. The van der Waals surface area contributed by atoms with E-state index in [1.165, 1.54) is 0 Å². The van der Waals surface area contributed by atoms with Crippen LogP contribution in [-0.4, -0.2) is 74.8 Å². The van der Waals surface area contributed by atoms with Crippen LogP contribution in [0.2, 0.25) is 0 Å². The summed E-state index contributed by atoms with van der Waals surface area (Å²) in [6, 6.07) is 10.3. The van der Waals surface area contributed by atoms with E-state index >= 15 is 0 Å². The van der Waals surface area contributed by atoms with Gasteiger partial charge in [-0.1, -0.05) is 6.07 Å². The van der Waals surface area contributed by atoms with Gasteiger partial charge in [0, 0.05) is 62.1 Å². The van der Waals surface area contributed by atoms with Crippen LogP contribution in [0.15, 0.2) is 55.0 Å². The number of methoxy groups -OCH3 is 1. The zero-order chi connectivity index (χ0) is 31.9. The molecule has 232 valence electrons. The van der Waals surface area contributed by atoms with Crippen LogP contribution in [0.25, 0.3) is 22.3 Å². The summed E-state index contributed by atoms with van der Waals surface area (Å²) in [5.74, 6) is 0.296. The number of ketones is 1. The van der Waals surface area contributed by atoms with Gasteiger partial charge in [0.25, 0.3) is 5.91 Å².